The van der Waals surface area contributed by atoms with E-state index < -0.39 is 0 Å². The second-order valence-electron chi connectivity index (χ2n) is 3.12. The van der Waals surface area contributed by atoms with Crippen molar-refractivity contribution in [1.82, 2.24) is 15.0 Å². The molecule has 0 aliphatic carbocycles. The molecule has 2 heterocycles. The molecule has 0 fully saturated rings. The first-order chi connectivity index (χ1) is 7.16. The molecule has 0 aromatic carbocycles. The van der Waals surface area contributed by atoms with Gasteiger partial charge in [0, 0.05) is 6.20 Å². The Bertz CT molecular complexity index is 481. The number of hydrogen-bond donors (Lipinski definition) is 1. The zero-order chi connectivity index (χ0) is 10.8. The van der Waals surface area contributed by atoms with Gasteiger partial charge in [-0.15, -0.1) is 0 Å². The van der Waals surface area contributed by atoms with E-state index in [2.05, 4.69) is 15.0 Å². The summed E-state index contributed by atoms with van der Waals surface area (Å²) in [6.07, 6.45) is 2.76. The number of rotatable bonds is 1. The molecule has 5 heteroatoms. The largest absolute Gasteiger partial charge is 0.368 e. The van der Waals surface area contributed by atoms with Gasteiger partial charge in [0.2, 0.25) is 5.95 Å². The summed E-state index contributed by atoms with van der Waals surface area (Å²) < 4.78 is 12.7. The Hall–Kier alpha value is -2.04. The van der Waals surface area contributed by atoms with Crippen molar-refractivity contribution in [2.24, 2.45) is 0 Å². The Kier molecular flexibility index (Phi) is 2.29. The van der Waals surface area contributed by atoms with Crippen LogP contribution in [0.4, 0.5) is 10.3 Å². The number of halogens is 1. The van der Waals surface area contributed by atoms with Crippen molar-refractivity contribution < 1.29 is 4.39 Å². The minimum absolute atomic E-state index is 0.182. The minimum atomic E-state index is -0.376. The van der Waals surface area contributed by atoms with E-state index in [9.17, 15) is 4.39 Å². The van der Waals surface area contributed by atoms with Crippen molar-refractivity contribution in [2.75, 3.05) is 5.73 Å². The van der Waals surface area contributed by atoms with Crippen LogP contribution in [0.5, 0.6) is 0 Å². The third-order valence-electron chi connectivity index (χ3n) is 1.96. The van der Waals surface area contributed by atoms with Gasteiger partial charge < -0.3 is 5.73 Å². The van der Waals surface area contributed by atoms with Crippen molar-refractivity contribution in [3.63, 3.8) is 0 Å². The van der Waals surface area contributed by atoms with Crippen LogP contribution in [0.15, 0.2) is 24.5 Å². The lowest BCUT2D eigenvalue weighted by molar-refractivity contribution is 0.622. The maximum Gasteiger partial charge on any atom is 0.220 e. The van der Waals surface area contributed by atoms with Crippen LogP contribution in [0.25, 0.3) is 11.4 Å². The summed E-state index contributed by atoms with van der Waals surface area (Å²) >= 11 is 0. The van der Waals surface area contributed by atoms with Crippen LogP contribution in [0, 0.1) is 12.7 Å². The molecule has 2 rings (SSSR count). The van der Waals surface area contributed by atoms with E-state index in [1.54, 1.807) is 12.3 Å². The topological polar surface area (TPSA) is 64.7 Å². The Morgan fingerprint density at radius 3 is 2.67 bits per heavy atom. The Morgan fingerprint density at radius 1 is 1.20 bits per heavy atom. The molecule has 0 aliphatic heterocycles. The number of nitrogens with zero attached hydrogens (tertiary/aromatic N) is 3. The molecular weight excluding hydrogens is 195 g/mol. The highest BCUT2D eigenvalue weighted by atomic mass is 19.1. The molecule has 2 aromatic heterocycles. The van der Waals surface area contributed by atoms with Crippen molar-refractivity contribution in [3.05, 3.63) is 35.9 Å². The van der Waals surface area contributed by atoms with Crippen LogP contribution < -0.4 is 5.73 Å². The number of anilines is 1. The second-order valence-corrected chi connectivity index (χ2v) is 3.12. The normalized spacial score (nSPS) is 10.3. The highest BCUT2D eigenvalue weighted by Gasteiger charge is 2.06. The molecule has 0 unspecified atom stereocenters. The Labute approximate surface area is 86.0 Å². The highest BCUT2D eigenvalue weighted by Crippen LogP contribution is 2.18. The number of aryl methyl sites for hydroxylation is 1. The number of nitrogens with two attached hydrogens (primary N) is 1. The Balaban J connectivity index is 2.53. The fourth-order valence-electron chi connectivity index (χ4n) is 1.23. The molecule has 0 saturated heterocycles. The molecule has 0 aliphatic rings. The predicted octanol–water partition coefficient (Wildman–Crippen LogP) is 1.57. The average Bonchev–Trinajstić information content (AvgIpc) is 2.23. The summed E-state index contributed by atoms with van der Waals surface area (Å²) in [5.41, 5.74) is 7.53. The number of nitrogen functional groups attached to an aromatic ring is 1. The van der Waals surface area contributed by atoms with E-state index in [-0.39, 0.29) is 11.8 Å². The fraction of sp³-hybridized carbons (Fsp3) is 0.100. The molecule has 0 atom stereocenters. The summed E-state index contributed by atoms with van der Waals surface area (Å²) in [4.78, 5) is 11.8. The minimum Gasteiger partial charge on any atom is -0.368 e. The molecular formula is C10H9FN4. The quantitative estimate of drug-likeness (QED) is 0.765. The van der Waals surface area contributed by atoms with Gasteiger partial charge in [-0.05, 0) is 24.6 Å². The molecule has 0 amide bonds. The third-order valence-corrected chi connectivity index (χ3v) is 1.96. The molecule has 2 aromatic rings. The van der Waals surface area contributed by atoms with Gasteiger partial charge in [0.15, 0.2) is 0 Å². The molecule has 15 heavy (non-hydrogen) atoms. The zero-order valence-corrected chi connectivity index (χ0v) is 8.11. The van der Waals surface area contributed by atoms with Gasteiger partial charge in [-0.1, -0.05) is 0 Å². The number of aromatic nitrogens is 3. The summed E-state index contributed by atoms with van der Waals surface area (Å²) in [5, 5.41) is 0. The van der Waals surface area contributed by atoms with E-state index in [0.29, 0.717) is 11.4 Å². The Morgan fingerprint density at radius 2 is 2.00 bits per heavy atom. The molecule has 0 bridgehead atoms. The van der Waals surface area contributed by atoms with Crippen LogP contribution in [0.2, 0.25) is 0 Å². The van der Waals surface area contributed by atoms with Gasteiger partial charge in [0.05, 0.1) is 17.6 Å². The summed E-state index contributed by atoms with van der Waals surface area (Å²) in [6, 6.07) is 2.89. The first-order valence-electron chi connectivity index (χ1n) is 4.38. The second kappa shape index (κ2) is 3.61. The SMILES string of the molecule is Cc1cnc(N)nc1-c1ccc(F)cn1. The fourth-order valence-corrected chi connectivity index (χ4v) is 1.23. The van der Waals surface area contributed by atoms with Crippen molar-refractivity contribution in [1.29, 1.82) is 0 Å². The van der Waals surface area contributed by atoms with Gasteiger partial charge in [-0.2, -0.15) is 0 Å². The van der Waals surface area contributed by atoms with Gasteiger partial charge in [0.25, 0.3) is 0 Å². The number of hydrogen-bond acceptors (Lipinski definition) is 4. The number of pyridine rings is 1. The summed E-state index contributed by atoms with van der Waals surface area (Å²) in [5.74, 6) is -0.194. The highest BCUT2D eigenvalue weighted by molar-refractivity contribution is 5.58. The lowest BCUT2D eigenvalue weighted by atomic mass is 10.2. The van der Waals surface area contributed by atoms with E-state index in [4.69, 9.17) is 5.73 Å². The van der Waals surface area contributed by atoms with E-state index in [1.807, 2.05) is 6.92 Å². The summed E-state index contributed by atoms with van der Waals surface area (Å²) in [7, 11) is 0. The molecule has 0 spiro atoms. The van der Waals surface area contributed by atoms with Crippen LogP contribution in [-0.2, 0) is 0 Å². The van der Waals surface area contributed by atoms with Gasteiger partial charge in [-0.3, -0.25) is 4.98 Å². The smallest absolute Gasteiger partial charge is 0.220 e. The van der Waals surface area contributed by atoms with Gasteiger partial charge in [-0.25, -0.2) is 14.4 Å². The van der Waals surface area contributed by atoms with Gasteiger partial charge in [0.1, 0.15) is 5.82 Å². The van der Waals surface area contributed by atoms with E-state index >= 15 is 0 Å². The zero-order valence-electron chi connectivity index (χ0n) is 8.11. The van der Waals surface area contributed by atoms with E-state index in [1.165, 1.54) is 6.07 Å². The maximum absolute atomic E-state index is 12.7. The standard InChI is InChI=1S/C10H9FN4/c1-6-4-14-10(12)15-9(6)8-3-2-7(11)5-13-8/h2-5H,1H3,(H2,12,14,15). The molecule has 2 N–H and O–H groups in total. The first-order valence-corrected chi connectivity index (χ1v) is 4.38. The monoisotopic (exact) mass is 204 g/mol. The predicted molar refractivity (Wildman–Crippen MR) is 54.4 cm³/mol. The van der Waals surface area contributed by atoms with Crippen LogP contribution in [0.3, 0.4) is 0 Å². The van der Waals surface area contributed by atoms with Gasteiger partial charge >= 0.3 is 0 Å². The van der Waals surface area contributed by atoms with Crippen LogP contribution in [-0.4, -0.2) is 15.0 Å². The average molecular weight is 204 g/mol. The molecule has 0 radical (unpaired) electrons. The maximum atomic E-state index is 12.7. The molecule has 76 valence electrons. The molecule has 0 saturated carbocycles. The van der Waals surface area contributed by atoms with Crippen molar-refractivity contribution >= 4 is 5.95 Å². The van der Waals surface area contributed by atoms with Crippen molar-refractivity contribution in [3.8, 4) is 11.4 Å². The molecule has 4 nitrogen and oxygen atoms in total. The summed E-state index contributed by atoms with van der Waals surface area (Å²) in [6.45, 7) is 1.85. The van der Waals surface area contributed by atoms with Crippen LogP contribution >= 0.6 is 0 Å². The lowest BCUT2D eigenvalue weighted by Crippen LogP contribution is -1.99. The first kappa shape index (κ1) is 9.51. The van der Waals surface area contributed by atoms with Crippen LogP contribution in [0.1, 0.15) is 5.56 Å². The van der Waals surface area contributed by atoms with Crippen molar-refractivity contribution in [2.45, 2.75) is 6.92 Å². The third kappa shape index (κ3) is 1.90. The van der Waals surface area contributed by atoms with E-state index in [0.717, 1.165) is 11.8 Å². The lowest BCUT2D eigenvalue weighted by Gasteiger charge is -2.03.